The number of ether oxygens (including phenoxy) is 1. The highest BCUT2D eigenvalue weighted by Gasteiger charge is 2.29. The van der Waals surface area contributed by atoms with E-state index in [2.05, 4.69) is 15.5 Å². The summed E-state index contributed by atoms with van der Waals surface area (Å²) in [5.74, 6) is -0.214. The van der Waals surface area contributed by atoms with E-state index < -0.39 is 17.7 Å². The SMILES string of the molecule is CCOC(=O)CNc1nnc(-c2ccccc2Cc2ccc(C(F)(F)F)cc2)o1. The Morgan fingerprint density at radius 2 is 1.83 bits per heavy atom. The first-order chi connectivity index (χ1) is 13.9. The van der Waals surface area contributed by atoms with Gasteiger partial charge in [-0.3, -0.25) is 4.79 Å². The second kappa shape index (κ2) is 8.76. The summed E-state index contributed by atoms with van der Waals surface area (Å²) >= 11 is 0. The highest BCUT2D eigenvalue weighted by molar-refractivity contribution is 5.74. The van der Waals surface area contributed by atoms with Crippen LogP contribution < -0.4 is 5.32 Å². The third-order valence-electron chi connectivity index (χ3n) is 4.04. The van der Waals surface area contributed by atoms with E-state index in [9.17, 15) is 18.0 Å². The van der Waals surface area contributed by atoms with Crippen molar-refractivity contribution in [3.63, 3.8) is 0 Å². The lowest BCUT2D eigenvalue weighted by Crippen LogP contribution is -2.16. The molecule has 0 aliphatic carbocycles. The summed E-state index contributed by atoms with van der Waals surface area (Å²) in [7, 11) is 0. The van der Waals surface area contributed by atoms with Crippen LogP contribution in [0.1, 0.15) is 23.6 Å². The van der Waals surface area contributed by atoms with Crippen molar-refractivity contribution in [2.24, 2.45) is 0 Å². The van der Waals surface area contributed by atoms with Gasteiger partial charge in [0.25, 0.3) is 0 Å². The van der Waals surface area contributed by atoms with Crippen molar-refractivity contribution in [1.82, 2.24) is 10.2 Å². The second-order valence-electron chi connectivity index (χ2n) is 6.10. The van der Waals surface area contributed by atoms with Crippen molar-refractivity contribution in [2.75, 3.05) is 18.5 Å². The lowest BCUT2D eigenvalue weighted by molar-refractivity contribution is -0.141. The summed E-state index contributed by atoms with van der Waals surface area (Å²) in [6, 6.07) is 12.3. The van der Waals surface area contributed by atoms with Crippen LogP contribution in [-0.2, 0) is 22.1 Å². The van der Waals surface area contributed by atoms with Crippen molar-refractivity contribution in [3.8, 4) is 11.5 Å². The van der Waals surface area contributed by atoms with E-state index in [0.717, 1.165) is 17.7 Å². The zero-order chi connectivity index (χ0) is 20.9. The Morgan fingerprint density at radius 3 is 2.52 bits per heavy atom. The van der Waals surface area contributed by atoms with E-state index in [0.29, 0.717) is 17.5 Å². The van der Waals surface area contributed by atoms with Crippen LogP contribution in [0.15, 0.2) is 52.9 Å². The first kappa shape index (κ1) is 20.4. The molecule has 0 atom stereocenters. The summed E-state index contributed by atoms with van der Waals surface area (Å²) < 4.78 is 48.5. The number of carbonyl (C=O) groups is 1. The van der Waals surface area contributed by atoms with Crippen molar-refractivity contribution in [2.45, 2.75) is 19.5 Å². The summed E-state index contributed by atoms with van der Waals surface area (Å²) in [5, 5.41) is 10.5. The van der Waals surface area contributed by atoms with Crippen LogP contribution in [0.4, 0.5) is 19.2 Å². The summed E-state index contributed by atoms with van der Waals surface area (Å²) in [6.45, 7) is 1.87. The number of nitrogens with one attached hydrogen (secondary N) is 1. The number of nitrogens with zero attached hydrogens (tertiary/aromatic N) is 2. The Balaban J connectivity index is 1.75. The Kier molecular flexibility index (Phi) is 6.16. The van der Waals surface area contributed by atoms with Crippen molar-refractivity contribution in [3.05, 3.63) is 65.2 Å². The van der Waals surface area contributed by atoms with Gasteiger partial charge in [-0.2, -0.15) is 13.2 Å². The number of esters is 1. The number of aromatic nitrogens is 2. The van der Waals surface area contributed by atoms with Crippen LogP contribution in [0.25, 0.3) is 11.5 Å². The van der Waals surface area contributed by atoms with E-state index in [-0.39, 0.29) is 25.1 Å². The maximum Gasteiger partial charge on any atom is 0.416 e. The van der Waals surface area contributed by atoms with Gasteiger partial charge in [0.05, 0.1) is 12.2 Å². The van der Waals surface area contributed by atoms with Gasteiger partial charge in [-0.1, -0.05) is 35.4 Å². The number of rotatable bonds is 7. The molecule has 0 aliphatic heterocycles. The van der Waals surface area contributed by atoms with E-state index in [1.807, 2.05) is 12.1 Å². The maximum atomic E-state index is 12.7. The largest absolute Gasteiger partial charge is 0.465 e. The molecule has 0 amide bonds. The van der Waals surface area contributed by atoms with Gasteiger partial charge in [0, 0.05) is 5.56 Å². The van der Waals surface area contributed by atoms with E-state index in [4.69, 9.17) is 9.15 Å². The topological polar surface area (TPSA) is 77.2 Å². The number of benzene rings is 2. The molecular formula is C20H18F3N3O3. The number of carbonyl (C=O) groups excluding carboxylic acids is 1. The molecule has 6 nitrogen and oxygen atoms in total. The standard InChI is InChI=1S/C20H18F3N3O3/c1-2-28-17(27)12-24-19-26-25-18(29-19)16-6-4-3-5-14(16)11-13-7-9-15(10-8-13)20(21,22)23/h3-10H,2,11-12H2,1H3,(H,24,26). The molecule has 0 saturated carbocycles. The van der Waals surface area contributed by atoms with Gasteiger partial charge < -0.3 is 14.5 Å². The molecule has 1 heterocycles. The zero-order valence-electron chi connectivity index (χ0n) is 15.5. The fraction of sp³-hybridized carbons (Fsp3) is 0.250. The van der Waals surface area contributed by atoms with E-state index in [1.54, 1.807) is 19.1 Å². The average Bonchev–Trinajstić information content (AvgIpc) is 3.16. The smallest absolute Gasteiger partial charge is 0.416 e. The third-order valence-corrected chi connectivity index (χ3v) is 4.04. The molecule has 1 aromatic heterocycles. The van der Waals surface area contributed by atoms with Gasteiger partial charge >= 0.3 is 18.2 Å². The molecule has 0 spiro atoms. The highest BCUT2D eigenvalue weighted by Crippen LogP contribution is 2.30. The van der Waals surface area contributed by atoms with Crippen molar-refractivity contribution in [1.29, 1.82) is 0 Å². The van der Waals surface area contributed by atoms with Gasteiger partial charge in [0.1, 0.15) is 6.54 Å². The second-order valence-corrected chi connectivity index (χ2v) is 6.10. The Bertz CT molecular complexity index is 969. The molecule has 0 aliphatic rings. The van der Waals surface area contributed by atoms with Crippen LogP contribution in [0.2, 0.25) is 0 Å². The molecule has 3 aromatic rings. The molecule has 2 aromatic carbocycles. The molecular weight excluding hydrogens is 387 g/mol. The third kappa shape index (κ3) is 5.34. The minimum Gasteiger partial charge on any atom is -0.465 e. The Labute approximate surface area is 164 Å². The van der Waals surface area contributed by atoms with Crippen LogP contribution >= 0.6 is 0 Å². The van der Waals surface area contributed by atoms with Crippen molar-refractivity contribution >= 4 is 12.0 Å². The van der Waals surface area contributed by atoms with Gasteiger partial charge in [-0.05, 0) is 42.7 Å². The number of hydrogen-bond acceptors (Lipinski definition) is 6. The lowest BCUT2D eigenvalue weighted by Gasteiger charge is -2.09. The fourth-order valence-corrected chi connectivity index (χ4v) is 2.68. The van der Waals surface area contributed by atoms with E-state index in [1.165, 1.54) is 12.1 Å². The highest BCUT2D eigenvalue weighted by atomic mass is 19.4. The molecule has 0 saturated heterocycles. The quantitative estimate of drug-likeness (QED) is 0.590. The molecule has 0 unspecified atom stereocenters. The molecule has 1 N–H and O–H groups in total. The number of hydrogen-bond donors (Lipinski definition) is 1. The van der Waals surface area contributed by atoms with Crippen LogP contribution in [0.5, 0.6) is 0 Å². The van der Waals surface area contributed by atoms with Crippen LogP contribution in [0.3, 0.4) is 0 Å². The number of anilines is 1. The molecule has 152 valence electrons. The van der Waals surface area contributed by atoms with Crippen molar-refractivity contribution < 1.29 is 27.1 Å². The fourth-order valence-electron chi connectivity index (χ4n) is 2.68. The maximum absolute atomic E-state index is 12.7. The Morgan fingerprint density at radius 1 is 1.10 bits per heavy atom. The minimum absolute atomic E-state index is 0.0670. The molecule has 0 radical (unpaired) electrons. The zero-order valence-corrected chi connectivity index (χ0v) is 15.5. The monoisotopic (exact) mass is 405 g/mol. The average molecular weight is 405 g/mol. The van der Waals surface area contributed by atoms with Gasteiger partial charge in [0.2, 0.25) is 5.89 Å². The summed E-state index contributed by atoms with van der Waals surface area (Å²) in [4.78, 5) is 11.4. The predicted octanol–water partition coefficient (Wildman–Crippen LogP) is 4.32. The molecule has 9 heteroatoms. The number of halogens is 3. The van der Waals surface area contributed by atoms with Gasteiger partial charge in [-0.15, -0.1) is 5.10 Å². The number of alkyl halides is 3. The molecule has 0 bridgehead atoms. The molecule has 0 fully saturated rings. The van der Waals surface area contributed by atoms with E-state index >= 15 is 0 Å². The lowest BCUT2D eigenvalue weighted by atomic mass is 9.99. The van der Waals surface area contributed by atoms with Crippen LogP contribution in [0, 0.1) is 0 Å². The van der Waals surface area contributed by atoms with Gasteiger partial charge in [0.15, 0.2) is 0 Å². The predicted molar refractivity (Wildman–Crippen MR) is 99.1 cm³/mol. The first-order valence-electron chi connectivity index (χ1n) is 8.84. The molecule has 29 heavy (non-hydrogen) atoms. The summed E-state index contributed by atoms with van der Waals surface area (Å²) in [6.07, 6.45) is -3.98. The van der Waals surface area contributed by atoms with Crippen LogP contribution in [-0.4, -0.2) is 29.3 Å². The molecule has 3 rings (SSSR count). The van der Waals surface area contributed by atoms with Gasteiger partial charge in [-0.25, -0.2) is 0 Å². The minimum atomic E-state index is -4.37. The Hall–Kier alpha value is -3.36. The normalized spacial score (nSPS) is 11.3. The first-order valence-corrected chi connectivity index (χ1v) is 8.84. The summed E-state index contributed by atoms with van der Waals surface area (Å²) in [5.41, 5.74) is 1.49.